The number of ether oxygens (including phenoxy) is 1. The second kappa shape index (κ2) is 9.46. The number of methoxy groups -OCH3 is 1. The van der Waals surface area contributed by atoms with E-state index in [2.05, 4.69) is 5.16 Å². The molecule has 0 spiro atoms. The number of hydrogen-bond donors (Lipinski definition) is 2. The number of nitrogens with zero attached hydrogens (tertiary/aromatic N) is 2. The van der Waals surface area contributed by atoms with Crippen LogP contribution in [-0.4, -0.2) is 32.8 Å². The molecule has 0 bridgehead atoms. The van der Waals surface area contributed by atoms with Gasteiger partial charge in [-0.15, -0.1) is 0 Å². The molecule has 0 radical (unpaired) electrons. The lowest BCUT2D eigenvalue weighted by Crippen LogP contribution is -2.11. The fraction of sp³-hybridized carbons (Fsp3) is 0.103. The van der Waals surface area contributed by atoms with Gasteiger partial charge in [-0.05, 0) is 42.0 Å². The third-order valence-electron chi connectivity index (χ3n) is 6.31. The van der Waals surface area contributed by atoms with Crippen molar-refractivity contribution >= 4 is 5.78 Å². The van der Waals surface area contributed by atoms with Crippen molar-refractivity contribution < 1.29 is 24.3 Å². The van der Waals surface area contributed by atoms with Crippen LogP contribution >= 0.6 is 0 Å². The van der Waals surface area contributed by atoms with Crippen molar-refractivity contribution in [2.24, 2.45) is 0 Å². The van der Waals surface area contributed by atoms with Crippen LogP contribution in [0.25, 0.3) is 16.9 Å². The van der Waals surface area contributed by atoms with Gasteiger partial charge in [-0.2, -0.15) is 0 Å². The molecule has 0 aliphatic heterocycles. The maximum Gasteiger partial charge on any atom is 0.240 e. The minimum Gasteiger partial charge on any atom is -0.503 e. The maximum atomic E-state index is 13.7. The van der Waals surface area contributed by atoms with E-state index < -0.39 is 17.4 Å². The molecule has 7 nitrogen and oxygen atoms in total. The molecule has 0 saturated heterocycles. The molecule has 3 aromatic carbocycles. The Morgan fingerprint density at radius 2 is 1.64 bits per heavy atom. The predicted molar refractivity (Wildman–Crippen MR) is 135 cm³/mol. The molecule has 5 rings (SSSR count). The summed E-state index contributed by atoms with van der Waals surface area (Å²) in [6.07, 6.45) is 1.50. The summed E-state index contributed by atoms with van der Waals surface area (Å²) in [5.74, 6) is -0.985. The maximum absolute atomic E-state index is 13.7. The number of benzene rings is 3. The number of aromatic hydroxyl groups is 2. The second-order valence-electron chi connectivity index (χ2n) is 8.39. The van der Waals surface area contributed by atoms with E-state index in [1.807, 2.05) is 49.4 Å². The number of ketones is 1. The van der Waals surface area contributed by atoms with Crippen LogP contribution < -0.4 is 4.74 Å². The lowest BCUT2D eigenvalue weighted by atomic mass is 9.91. The lowest BCUT2D eigenvalue weighted by Gasteiger charge is -2.18. The number of rotatable bonds is 7. The van der Waals surface area contributed by atoms with Crippen molar-refractivity contribution in [2.45, 2.75) is 12.8 Å². The third kappa shape index (κ3) is 4.01. The van der Waals surface area contributed by atoms with Crippen molar-refractivity contribution in [1.82, 2.24) is 9.72 Å². The number of hydrogen-bond acceptors (Lipinski definition) is 6. The number of carbonyl (C=O) groups is 1. The summed E-state index contributed by atoms with van der Waals surface area (Å²) in [5, 5.41) is 26.1. The van der Waals surface area contributed by atoms with Gasteiger partial charge in [0.25, 0.3) is 0 Å². The fourth-order valence-corrected chi connectivity index (χ4v) is 4.39. The Bertz CT molecular complexity index is 1490. The summed E-state index contributed by atoms with van der Waals surface area (Å²) in [6, 6.07) is 25.3. The molecular formula is C29H24N2O5. The van der Waals surface area contributed by atoms with E-state index in [4.69, 9.17) is 9.26 Å². The SMILES string of the molecule is COc1ccc(C(=O)c2c(O)c(O)n(-c3ccc(-c4ccon4)cc3)c2C(C)c2ccccc2)cc1. The molecule has 1 unspecified atom stereocenters. The highest BCUT2D eigenvalue weighted by atomic mass is 16.5. The van der Waals surface area contributed by atoms with Crippen LogP contribution in [0.5, 0.6) is 17.4 Å². The molecule has 2 aromatic heterocycles. The van der Waals surface area contributed by atoms with Crippen LogP contribution in [0, 0.1) is 0 Å². The molecule has 1 atom stereocenters. The quantitative estimate of drug-likeness (QED) is 0.280. The second-order valence-corrected chi connectivity index (χ2v) is 8.39. The highest BCUT2D eigenvalue weighted by molar-refractivity contribution is 6.12. The van der Waals surface area contributed by atoms with E-state index in [9.17, 15) is 15.0 Å². The lowest BCUT2D eigenvalue weighted by molar-refractivity contribution is 0.103. The van der Waals surface area contributed by atoms with Crippen LogP contribution in [0.2, 0.25) is 0 Å². The largest absolute Gasteiger partial charge is 0.503 e. The molecule has 0 saturated carbocycles. The van der Waals surface area contributed by atoms with E-state index >= 15 is 0 Å². The van der Waals surface area contributed by atoms with Gasteiger partial charge in [0.2, 0.25) is 5.88 Å². The zero-order valence-electron chi connectivity index (χ0n) is 19.8. The summed E-state index contributed by atoms with van der Waals surface area (Å²) in [5.41, 5.74) is 3.91. The van der Waals surface area contributed by atoms with Gasteiger partial charge in [0.15, 0.2) is 11.5 Å². The van der Waals surface area contributed by atoms with E-state index in [0.29, 0.717) is 28.4 Å². The Hall–Kier alpha value is -4.78. The van der Waals surface area contributed by atoms with Crippen molar-refractivity contribution in [1.29, 1.82) is 0 Å². The van der Waals surface area contributed by atoms with Gasteiger partial charge in [-0.3, -0.25) is 9.36 Å². The highest BCUT2D eigenvalue weighted by Crippen LogP contribution is 2.44. The Kier molecular flexibility index (Phi) is 6.04. The minimum absolute atomic E-state index is 0.0506. The first kappa shape index (κ1) is 23.0. The molecule has 36 heavy (non-hydrogen) atoms. The van der Waals surface area contributed by atoms with Crippen LogP contribution in [0.15, 0.2) is 95.7 Å². The summed E-state index contributed by atoms with van der Waals surface area (Å²) in [6.45, 7) is 1.94. The minimum atomic E-state index is -0.464. The van der Waals surface area contributed by atoms with Gasteiger partial charge >= 0.3 is 0 Å². The van der Waals surface area contributed by atoms with Crippen LogP contribution in [0.1, 0.15) is 40.0 Å². The van der Waals surface area contributed by atoms with Crippen LogP contribution in [-0.2, 0) is 0 Å². The normalized spacial score (nSPS) is 11.8. The first-order valence-electron chi connectivity index (χ1n) is 11.4. The summed E-state index contributed by atoms with van der Waals surface area (Å²) < 4.78 is 11.7. The Morgan fingerprint density at radius 1 is 0.944 bits per heavy atom. The van der Waals surface area contributed by atoms with Crippen molar-refractivity contribution in [3.63, 3.8) is 0 Å². The predicted octanol–water partition coefficient (Wildman–Crippen LogP) is 5.93. The average molecular weight is 481 g/mol. The number of aromatic nitrogens is 2. The molecule has 5 aromatic rings. The molecular weight excluding hydrogens is 456 g/mol. The Morgan fingerprint density at radius 3 is 2.25 bits per heavy atom. The Labute approximate surface area is 207 Å². The van der Waals surface area contributed by atoms with Crippen molar-refractivity contribution in [3.8, 4) is 34.3 Å². The average Bonchev–Trinajstić information content (AvgIpc) is 3.56. The molecule has 0 aliphatic rings. The smallest absolute Gasteiger partial charge is 0.240 e. The summed E-state index contributed by atoms with van der Waals surface area (Å²) in [4.78, 5) is 13.7. The van der Waals surface area contributed by atoms with Gasteiger partial charge in [0.1, 0.15) is 17.7 Å². The van der Waals surface area contributed by atoms with Gasteiger partial charge in [-0.1, -0.05) is 54.5 Å². The van der Waals surface area contributed by atoms with E-state index in [1.54, 1.807) is 49.6 Å². The van der Waals surface area contributed by atoms with Crippen molar-refractivity contribution in [3.05, 3.63) is 114 Å². The van der Waals surface area contributed by atoms with Gasteiger partial charge in [-0.25, -0.2) is 0 Å². The highest BCUT2D eigenvalue weighted by Gasteiger charge is 2.32. The van der Waals surface area contributed by atoms with Crippen molar-refractivity contribution in [2.75, 3.05) is 7.11 Å². The molecule has 7 heteroatoms. The van der Waals surface area contributed by atoms with E-state index in [-0.39, 0.29) is 11.5 Å². The van der Waals surface area contributed by atoms with Gasteiger partial charge in [0, 0.05) is 34.5 Å². The fourth-order valence-electron chi connectivity index (χ4n) is 4.39. The van der Waals surface area contributed by atoms with Gasteiger partial charge in [0.05, 0.1) is 12.7 Å². The van der Waals surface area contributed by atoms with Gasteiger partial charge < -0.3 is 19.5 Å². The van der Waals surface area contributed by atoms with E-state index in [1.165, 1.54) is 10.8 Å². The summed E-state index contributed by atoms with van der Waals surface area (Å²) >= 11 is 0. The molecule has 0 amide bonds. The third-order valence-corrected chi connectivity index (χ3v) is 6.31. The molecule has 0 aliphatic carbocycles. The Balaban J connectivity index is 1.68. The topological polar surface area (TPSA) is 97.7 Å². The van der Waals surface area contributed by atoms with Crippen LogP contribution in [0.4, 0.5) is 0 Å². The molecule has 2 heterocycles. The van der Waals surface area contributed by atoms with Crippen LogP contribution in [0.3, 0.4) is 0 Å². The molecule has 0 fully saturated rings. The zero-order chi connectivity index (χ0) is 25.2. The zero-order valence-corrected chi connectivity index (χ0v) is 19.8. The number of carbonyl (C=O) groups excluding carboxylic acids is 1. The monoisotopic (exact) mass is 480 g/mol. The molecule has 180 valence electrons. The molecule has 2 N–H and O–H groups in total. The standard InChI is InChI=1S/C29H24N2O5/c1-18(19-6-4-3-5-7-19)26-25(27(32)21-10-14-23(35-2)15-11-21)28(33)29(34)31(26)22-12-8-20(9-13-22)24-16-17-36-30-24/h3-18,33-34H,1-2H3. The van der Waals surface area contributed by atoms with E-state index in [0.717, 1.165) is 11.1 Å². The first-order chi connectivity index (χ1) is 17.5. The first-order valence-corrected chi connectivity index (χ1v) is 11.4. The summed E-state index contributed by atoms with van der Waals surface area (Å²) in [7, 11) is 1.55.